The number of nitriles is 1. The Morgan fingerprint density at radius 3 is 2.47 bits per heavy atom. The highest BCUT2D eigenvalue weighted by molar-refractivity contribution is 7.88. The van der Waals surface area contributed by atoms with E-state index in [0.29, 0.717) is 24.2 Å². The fraction of sp³-hybridized carbons (Fsp3) is 0.357. The topological polar surface area (TPSA) is 61.2 Å². The Hall–Kier alpha value is -1.64. The predicted molar refractivity (Wildman–Crippen MR) is 75.8 cm³/mol. The summed E-state index contributed by atoms with van der Waals surface area (Å²) in [5.74, 6) is -0.0491. The van der Waals surface area contributed by atoms with Crippen molar-refractivity contribution in [3.63, 3.8) is 0 Å². The van der Waals surface area contributed by atoms with Gasteiger partial charge in [-0.25, -0.2) is 8.42 Å². The van der Waals surface area contributed by atoms with Gasteiger partial charge in [0.2, 0.25) is 10.0 Å². The zero-order valence-corrected chi connectivity index (χ0v) is 11.9. The van der Waals surface area contributed by atoms with Crippen LogP contribution in [0.25, 0.3) is 0 Å². The molecule has 5 heteroatoms. The molecule has 1 rings (SSSR count). The average molecular weight is 278 g/mol. The lowest BCUT2D eigenvalue weighted by Gasteiger charge is -2.19. The van der Waals surface area contributed by atoms with E-state index in [1.54, 1.807) is 30.3 Å². The van der Waals surface area contributed by atoms with Gasteiger partial charge in [-0.05, 0) is 24.1 Å². The van der Waals surface area contributed by atoms with Crippen LogP contribution in [0.4, 0.5) is 0 Å². The van der Waals surface area contributed by atoms with Crippen molar-refractivity contribution < 1.29 is 8.42 Å². The molecule has 0 heterocycles. The van der Waals surface area contributed by atoms with Gasteiger partial charge in [-0.2, -0.15) is 9.57 Å². The average Bonchev–Trinajstić information content (AvgIpc) is 2.39. The van der Waals surface area contributed by atoms with Gasteiger partial charge >= 0.3 is 0 Å². The second-order valence-electron chi connectivity index (χ2n) is 4.21. The van der Waals surface area contributed by atoms with Crippen LogP contribution in [0, 0.1) is 11.3 Å². The minimum Gasteiger partial charge on any atom is -0.212 e. The van der Waals surface area contributed by atoms with Gasteiger partial charge in [-0.3, -0.25) is 0 Å². The fourth-order valence-electron chi connectivity index (χ4n) is 1.71. The normalized spacial score (nSPS) is 11.2. The molecule has 0 atom stereocenters. The van der Waals surface area contributed by atoms with Gasteiger partial charge in [0.15, 0.2) is 0 Å². The van der Waals surface area contributed by atoms with Crippen molar-refractivity contribution in [3.8, 4) is 6.07 Å². The van der Waals surface area contributed by atoms with Crippen LogP contribution in [0.5, 0.6) is 0 Å². The number of rotatable bonds is 7. The molecule has 102 valence electrons. The Labute approximate surface area is 115 Å². The zero-order chi connectivity index (χ0) is 14.3. The third kappa shape index (κ3) is 4.51. The smallest absolute Gasteiger partial charge is 0.212 e. The minimum atomic E-state index is -3.34. The van der Waals surface area contributed by atoms with Gasteiger partial charge in [-0.15, -0.1) is 6.58 Å². The van der Waals surface area contributed by atoms with Gasteiger partial charge in [0.1, 0.15) is 0 Å². The molecular weight excluding hydrogens is 260 g/mol. The maximum Gasteiger partial charge on any atom is 0.218 e. The van der Waals surface area contributed by atoms with E-state index in [0.717, 1.165) is 6.42 Å². The van der Waals surface area contributed by atoms with Gasteiger partial charge < -0.3 is 0 Å². The third-order valence-electron chi connectivity index (χ3n) is 2.63. The summed E-state index contributed by atoms with van der Waals surface area (Å²) in [6, 6.07) is 8.61. The van der Waals surface area contributed by atoms with Crippen LogP contribution in [0.2, 0.25) is 0 Å². The Morgan fingerprint density at radius 2 is 2.00 bits per heavy atom. The summed E-state index contributed by atoms with van der Waals surface area (Å²) < 4.78 is 25.9. The minimum absolute atomic E-state index is 0.0491. The summed E-state index contributed by atoms with van der Waals surface area (Å²) in [6.07, 6.45) is 2.35. The summed E-state index contributed by atoms with van der Waals surface area (Å²) in [5.41, 5.74) is 1.21. The highest BCUT2D eigenvalue weighted by Crippen LogP contribution is 2.12. The summed E-state index contributed by atoms with van der Waals surface area (Å²) in [5, 5.41) is 8.70. The largest absolute Gasteiger partial charge is 0.218 e. The van der Waals surface area contributed by atoms with Crippen molar-refractivity contribution in [1.29, 1.82) is 5.26 Å². The Morgan fingerprint density at radius 1 is 1.37 bits per heavy atom. The quantitative estimate of drug-likeness (QED) is 0.719. The lowest BCUT2D eigenvalue weighted by atomic mass is 10.2. The maximum atomic E-state index is 12.2. The SMILES string of the molecule is C=CCN(CCC)S(=O)(=O)Cc1ccc(C#N)cc1. The van der Waals surface area contributed by atoms with Crippen molar-refractivity contribution in [2.45, 2.75) is 19.1 Å². The van der Waals surface area contributed by atoms with E-state index in [2.05, 4.69) is 6.58 Å². The molecule has 0 fully saturated rings. The number of hydrogen-bond acceptors (Lipinski definition) is 3. The van der Waals surface area contributed by atoms with E-state index >= 15 is 0 Å². The van der Waals surface area contributed by atoms with Crippen molar-refractivity contribution in [2.24, 2.45) is 0 Å². The van der Waals surface area contributed by atoms with E-state index in [4.69, 9.17) is 5.26 Å². The molecule has 0 aliphatic heterocycles. The molecule has 0 unspecified atom stereocenters. The Kier molecular flexibility index (Phi) is 5.74. The van der Waals surface area contributed by atoms with E-state index in [-0.39, 0.29) is 5.75 Å². The molecule has 19 heavy (non-hydrogen) atoms. The summed E-state index contributed by atoms with van der Waals surface area (Å²) in [6.45, 7) is 6.34. The van der Waals surface area contributed by atoms with Gasteiger partial charge in [0, 0.05) is 13.1 Å². The first-order valence-electron chi connectivity index (χ1n) is 6.11. The summed E-state index contributed by atoms with van der Waals surface area (Å²) in [7, 11) is -3.34. The number of hydrogen-bond donors (Lipinski definition) is 0. The third-order valence-corrected chi connectivity index (χ3v) is 4.45. The summed E-state index contributed by atoms with van der Waals surface area (Å²) in [4.78, 5) is 0. The van der Waals surface area contributed by atoms with Crippen LogP contribution in [-0.2, 0) is 15.8 Å². The molecule has 0 amide bonds. The maximum absolute atomic E-state index is 12.2. The Bertz CT molecular complexity index is 556. The first-order chi connectivity index (χ1) is 9.03. The molecule has 0 bridgehead atoms. The monoisotopic (exact) mass is 278 g/mol. The van der Waals surface area contributed by atoms with Crippen molar-refractivity contribution >= 4 is 10.0 Å². The first-order valence-corrected chi connectivity index (χ1v) is 7.72. The Balaban J connectivity index is 2.87. The lowest BCUT2D eigenvalue weighted by molar-refractivity contribution is 0.441. The molecule has 4 nitrogen and oxygen atoms in total. The van der Waals surface area contributed by atoms with Crippen LogP contribution in [-0.4, -0.2) is 25.8 Å². The standard InChI is InChI=1S/C14H18N2O2S/c1-3-9-16(10-4-2)19(17,18)12-14-7-5-13(11-15)6-8-14/h3,5-8H,1,4,9-10,12H2,2H3. The second-order valence-corrected chi connectivity index (χ2v) is 6.18. The van der Waals surface area contributed by atoms with E-state index in [1.165, 1.54) is 4.31 Å². The van der Waals surface area contributed by atoms with Crippen LogP contribution in [0.3, 0.4) is 0 Å². The van der Waals surface area contributed by atoms with Crippen LogP contribution < -0.4 is 0 Å². The molecule has 0 aliphatic carbocycles. The van der Waals surface area contributed by atoms with Crippen molar-refractivity contribution in [2.75, 3.05) is 13.1 Å². The molecule has 0 saturated carbocycles. The number of benzene rings is 1. The molecule has 1 aromatic rings. The molecule has 0 aromatic heterocycles. The van der Waals surface area contributed by atoms with Gasteiger partial charge in [-0.1, -0.05) is 25.1 Å². The predicted octanol–water partition coefficient (Wildman–Crippen LogP) is 2.29. The number of sulfonamides is 1. The zero-order valence-electron chi connectivity index (χ0n) is 11.0. The highest BCUT2D eigenvalue weighted by Gasteiger charge is 2.20. The number of nitrogens with zero attached hydrogens (tertiary/aromatic N) is 2. The van der Waals surface area contributed by atoms with E-state index in [1.807, 2.05) is 13.0 Å². The first kappa shape index (κ1) is 15.4. The molecule has 0 N–H and O–H groups in total. The van der Waals surface area contributed by atoms with Crippen LogP contribution >= 0.6 is 0 Å². The molecule has 0 saturated heterocycles. The second kappa shape index (κ2) is 7.07. The molecule has 0 spiro atoms. The van der Waals surface area contributed by atoms with Crippen molar-refractivity contribution in [3.05, 3.63) is 48.0 Å². The van der Waals surface area contributed by atoms with E-state index < -0.39 is 10.0 Å². The van der Waals surface area contributed by atoms with Crippen LogP contribution in [0.1, 0.15) is 24.5 Å². The van der Waals surface area contributed by atoms with Crippen molar-refractivity contribution in [1.82, 2.24) is 4.31 Å². The lowest BCUT2D eigenvalue weighted by Crippen LogP contribution is -2.33. The highest BCUT2D eigenvalue weighted by atomic mass is 32.2. The van der Waals surface area contributed by atoms with Gasteiger partial charge in [0.25, 0.3) is 0 Å². The summed E-state index contributed by atoms with van der Waals surface area (Å²) >= 11 is 0. The van der Waals surface area contributed by atoms with Gasteiger partial charge in [0.05, 0.1) is 17.4 Å². The van der Waals surface area contributed by atoms with Crippen LogP contribution in [0.15, 0.2) is 36.9 Å². The molecular formula is C14H18N2O2S. The molecule has 0 radical (unpaired) electrons. The fourth-order valence-corrected chi connectivity index (χ4v) is 3.30. The van der Waals surface area contributed by atoms with E-state index in [9.17, 15) is 8.42 Å². The molecule has 0 aliphatic rings. The molecule has 1 aromatic carbocycles.